The van der Waals surface area contributed by atoms with E-state index >= 15 is 0 Å². The van der Waals surface area contributed by atoms with Gasteiger partial charge in [0.2, 0.25) is 0 Å². The van der Waals surface area contributed by atoms with Crippen molar-refractivity contribution < 1.29 is 12.6 Å². The van der Waals surface area contributed by atoms with Gasteiger partial charge in [-0.15, -0.1) is 0 Å². The molecule has 0 saturated carbocycles. The van der Waals surface area contributed by atoms with Crippen LogP contribution >= 0.6 is 31.9 Å². The van der Waals surface area contributed by atoms with E-state index in [0.717, 1.165) is 44.9 Å². The number of aryl methyl sites for hydroxylation is 3. The third kappa shape index (κ3) is 6.17. The highest BCUT2D eigenvalue weighted by Crippen LogP contribution is 2.38. The molecule has 0 N–H and O–H groups in total. The first-order valence-corrected chi connectivity index (χ1v) is 13.9. The molecule has 0 radical (unpaired) electrons. The van der Waals surface area contributed by atoms with E-state index in [1.165, 1.54) is 23.3 Å². The summed E-state index contributed by atoms with van der Waals surface area (Å²) in [6, 6.07) is 28.6. The average Bonchev–Trinajstić information content (AvgIpc) is 2.82. The van der Waals surface area contributed by atoms with Crippen LogP contribution in [0.15, 0.2) is 105 Å². The van der Waals surface area contributed by atoms with Crippen molar-refractivity contribution in [1.82, 2.24) is 0 Å². The number of hydrogen-bond acceptors (Lipinski definition) is 3. The van der Waals surface area contributed by atoms with Gasteiger partial charge in [-0.05, 0) is 91.4 Å². The summed E-state index contributed by atoms with van der Waals surface area (Å²) in [5.41, 5.74) is 5.17. The van der Waals surface area contributed by atoms with Crippen LogP contribution < -0.4 is 4.18 Å². The van der Waals surface area contributed by atoms with Crippen molar-refractivity contribution in [2.24, 2.45) is 0 Å². The van der Waals surface area contributed by atoms with Crippen LogP contribution in [0.5, 0.6) is 5.75 Å². The van der Waals surface area contributed by atoms with Crippen molar-refractivity contribution >= 4 is 42.0 Å². The first-order valence-electron chi connectivity index (χ1n) is 11.0. The monoisotopic (exact) mass is 598 g/mol. The van der Waals surface area contributed by atoms with Gasteiger partial charge in [0.1, 0.15) is 4.90 Å². The zero-order valence-corrected chi connectivity index (χ0v) is 22.7. The second-order valence-corrected chi connectivity index (χ2v) is 11.5. The molecule has 4 rings (SSSR count). The van der Waals surface area contributed by atoms with Gasteiger partial charge in [-0.3, -0.25) is 0 Å². The minimum Gasteiger partial charge on any atom is -0.378 e. The molecule has 0 aliphatic heterocycles. The van der Waals surface area contributed by atoms with E-state index < -0.39 is 10.1 Å². The van der Waals surface area contributed by atoms with Crippen molar-refractivity contribution in [3.63, 3.8) is 0 Å². The molecule has 0 aliphatic carbocycles. The molecule has 0 heterocycles. The third-order valence-corrected chi connectivity index (χ3v) is 8.00. The predicted octanol–water partition coefficient (Wildman–Crippen LogP) is 8.13. The van der Waals surface area contributed by atoms with Crippen molar-refractivity contribution in [3.8, 4) is 16.9 Å². The maximum atomic E-state index is 13.0. The Morgan fingerprint density at radius 3 is 2.18 bits per heavy atom. The largest absolute Gasteiger partial charge is 0.378 e. The summed E-state index contributed by atoms with van der Waals surface area (Å²) in [6.45, 7) is 1.98. The molecule has 4 aromatic carbocycles. The maximum absolute atomic E-state index is 13.0. The lowest BCUT2D eigenvalue weighted by Crippen LogP contribution is -2.10. The Hall–Kier alpha value is -2.41. The van der Waals surface area contributed by atoms with Crippen LogP contribution in [0.25, 0.3) is 11.1 Å². The predicted molar refractivity (Wildman–Crippen MR) is 145 cm³/mol. The average molecular weight is 600 g/mol. The Balaban J connectivity index is 1.61. The molecule has 3 nitrogen and oxygen atoms in total. The summed E-state index contributed by atoms with van der Waals surface area (Å²) in [6.07, 6.45) is 2.96. The number of benzene rings is 4. The highest BCUT2D eigenvalue weighted by atomic mass is 79.9. The van der Waals surface area contributed by atoms with Crippen molar-refractivity contribution in [3.05, 3.63) is 117 Å². The molecule has 0 saturated heterocycles. The Morgan fingerprint density at radius 2 is 1.44 bits per heavy atom. The number of halogens is 2. The van der Waals surface area contributed by atoms with Gasteiger partial charge in [-0.25, -0.2) is 0 Å². The SMILES string of the molecule is Cc1ccc(OS(=O)(=O)c2ccc(Br)cc2)c(-c2cc(CCCc3ccccc3)ccc2Br)c1. The van der Waals surface area contributed by atoms with Crippen molar-refractivity contribution in [2.75, 3.05) is 0 Å². The third-order valence-electron chi connectivity index (χ3n) is 5.53. The molecule has 6 heteroatoms. The molecule has 0 aromatic heterocycles. The number of hydrogen-bond donors (Lipinski definition) is 0. The van der Waals surface area contributed by atoms with Crippen LogP contribution in [0.4, 0.5) is 0 Å². The fourth-order valence-corrected chi connectivity index (χ4v) is 5.44. The van der Waals surface area contributed by atoms with Crippen molar-refractivity contribution in [1.29, 1.82) is 0 Å². The Bertz CT molecular complexity index is 1380. The van der Waals surface area contributed by atoms with Crippen LogP contribution in [0.3, 0.4) is 0 Å². The van der Waals surface area contributed by atoms with E-state index in [9.17, 15) is 8.42 Å². The molecule has 0 fully saturated rings. The highest BCUT2D eigenvalue weighted by Gasteiger charge is 2.20. The molecule has 0 spiro atoms. The normalized spacial score (nSPS) is 11.4. The van der Waals surface area contributed by atoms with Crippen molar-refractivity contribution in [2.45, 2.75) is 31.1 Å². The van der Waals surface area contributed by atoms with Gasteiger partial charge >= 0.3 is 10.1 Å². The standard InChI is InChI=1S/C28H24Br2O3S/c1-20-10-17-28(33-34(31,32)24-14-12-23(29)13-15-24)26(18-20)25-19-22(11-16-27(25)30)9-5-8-21-6-3-2-4-7-21/h2-4,6-7,10-19H,5,8-9H2,1H3. The second-order valence-electron chi connectivity index (χ2n) is 8.14. The van der Waals surface area contributed by atoms with E-state index in [2.05, 4.69) is 68.3 Å². The van der Waals surface area contributed by atoms with Gasteiger partial charge < -0.3 is 4.18 Å². The summed E-state index contributed by atoms with van der Waals surface area (Å²) >= 11 is 6.99. The van der Waals surface area contributed by atoms with E-state index in [1.54, 1.807) is 18.2 Å². The van der Waals surface area contributed by atoms with Crippen LogP contribution in [0, 0.1) is 6.92 Å². The van der Waals surface area contributed by atoms with Crippen LogP contribution in [0.2, 0.25) is 0 Å². The van der Waals surface area contributed by atoms with Crippen LogP contribution in [-0.2, 0) is 23.0 Å². The molecule has 0 atom stereocenters. The minimum absolute atomic E-state index is 0.107. The minimum atomic E-state index is -3.98. The Morgan fingerprint density at radius 1 is 0.735 bits per heavy atom. The summed E-state index contributed by atoms with van der Waals surface area (Å²) < 4.78 is 33.2. The quantitative estimate of drug-likeness (QED) is 0.192. The molecule has 174 valence electrons. The lowest BCUT2D eigenvalue weighted by atomic mass is 9.98. The van der Waals surface area contributed by atoms with Crippen LogP contribution in [0.1, 0.15) is 23.1 Å². The summed E-state index contributed by atoms with van der Waals surface area (Å²) in [5, 5.41) is 0. The Kier molecular flexibility index (Phi) is 7.91. The zero-order valence-electron chi connectivity index (χ0n) is 18.7. The topological polar surface area (TPSA) is 43.4 Å². The van der Waals surface area contributed by atoms with E-state index in [4.69, 9.17) is 4.18 Å². The highest BCUT2D eigenvalue weighted by molar-refractivity contribution is 9.10. The lowest BCUT2D eigenvalue weighted by Gasteiger charge is -2.15. The molecule has 0 unspecified atom stereocenters. The molecule has 0 amide bonds. The fourth-order valence-electron chi connectivity index (χ4n) is 3.77. The molecule has 34 heavy (non-hydrogen) atoms. The molecule has 4 aromatic rings. The number of rotatable bonds is 8. The first-order chi connectivity index (χ1) is 16.3. The summed E-state index contributed by atoms with van der Waals surface area (Å²) in [5.74, 6) is 0.302. The lowest BCUT2D eigenvalue weighted by molar-refractivity contribution is 0.487. The summed E-state index contributed by atoms with van der Waals surface area (Å²) in [4.78, 5) is 0.107. The van der Waals surface area contributed by atoms with Gasteiger partial charge in [0.15, 0.2) is 5.75 Å². The fraction of sp³-hybridized carbons (Fsp3) is 0.143. The zero-order chi connectivity index (χ0) is 24.1. The first kappa shape index (κ1) is 24.7. The Labute approximate surface area is 218 Å². The van der Waals surface area contributed by atoms with E-state index in [0.29, 0.717) is 5.75 Å². The smallest absolute Gasteiger partial charge is 0.339 e. The van der Waals surface area contributed by atoms with Gasteiger partial charge in [0.05, 0.1) is 0 Å². The molecular formula is C28H24Br2O3S. The van der Waals surface area contributed by atoms with E-state index in [-0.39, 0.29) is 4.90 Å². The van der Waals surface area contributed by atoms with Gasteiger partial charge in [-0.1, -0.05) is 79.9 Å². The molecule has 0 bridgehead atoms. The van der Waals surface area contributed by atoms with E-state index in [1.807, 2.05) is 31.2 Å². The maximum Gasteiger partial charge on any atom is 0.339 e. The molecule has 0 aliphatic rings. The van der Waals surface area contributed by atoms with Gasteiger partial charge in [0, 0.05) is 14.5 Å². The van der Waals surface area contributed by atoms with Gasteiger partial charge in [-0.2, -0.15) is 8.42 Å². The van der Waals surface area contributed by atoms with Gasteiger partial charge in [0.25, 0.3) is 0 Å². The summed E-state index contributed by atoms with van der Waals surface area (Å²) in [7, 11) is -3.98. The van der Waals surface area contributed by atoms with Crippen LogP contribution in [-0.4, -0.2) is 8.42 Å². The second kappa shape index (κ2) is 10.9. The molecular weight excluding hydrogens is 576 g/mol.